The van der Waals surface area contributed by atoms with Crippen LogP contribution < -0.4 is 5.32 Å². The number of nitrogens with one attached hydrogen (secondary N) is 1. The van der Waals surface area contributed by atoms with Gasteiger partial charge in [0.25, 0.3) is 0 Å². The molecule has 0 spiro atoms. The van der Waals surface area contributed by atoms with Gasteiger partial charge in [-0.1, -0.05) is 28.9 Å². The third-order valence-electron chi connectivity index (χ3n) is 2.94. The van der Waals surface area contributed by atoms with Crippen LogP contribution in [0.2, 0.25) is 0 Å². The Kier molecular flexibility index (Phi) is 5.16. The molecule has 0 unspecified atom stereocenters. The molecule has 0 amide bonds. The maximum atomic E-state index is 13.7. The Morgan fingerprint density at radius 3 is 2.89 bits per heavy atom. The van der Waals surface area contributed by atoms with Crippen LogP contribution in [0.1, 0.15) is 24.5 Å². The molecule has 0 aliphatic rings. The van der Waals surface area contributed by atoms with Gasteiger partial charge in [-0.3, -0.25) is 0 Å². The van der Waals surface area contributed by atoms with Gasteiger partial charge in [-0.25, -0.2) is 4.39 Å². The first-order valence-corrected chi connectivity index (χ1v) is 7.27. The molecule has 2 aromatic rings. The van der Waals surface area contributed by atoms with Gasteiger partial charge in [-0.15, -0.1) is 0 Å². The summed E-state index contributed by atoms with van der Waals surface area (Å²) in [6.45, 7) is 4.59. The molecule has 0 atom stereocenters. The second-order valence-electron chi connectivity index (χ2n) is 4.60. The molecule has 2 rings (SSSR count). The molecule has 0 saturated carbocycles. The van der Waals surface area contributed by atoms with E-state index >= 15 is 0 Å². The smallest absolute Gasteiger partial charge is 0.129 e. The molecule has 0 radical (unpaired) electrons. The molecule has 1 N–H and O–H groups in total. The number of hydrogen-bond acceptors (Lipinski definition) is 1. The number of aromatic nitrogens is 1. The predicted octanol–water partition coefficient (Wildman–Crippen LogP) is 3.94. The molecule has 1 aromatic carbocycles. The quantitative estimate of drug-likeness (QED) is 0.796. The number of nitrogens with zero attached hydrogens (tertiary/aromatic N) is 1. The summed E-state index contributed by atoms with van der Waals surface area (Å²) in [5.41, 5.74) is 1.93. The lowest BCUT2D eigenvalue weighted by molar-refractivity contribution is 0.598. The Morgan fingerprint density at radius 1 is 1.32 bits per heavy atom. The lowest BCUT2D eigenvalue weighted by Gasteiger charge is -2.05. The first-order valence-electron chi connectivity index (χ1n) is 6.48. The predicted molar refractivity (Wildman–Crippen MR) is 79.6 cm³/mol. The van der Waals surface area contributed by atoms with Gasteiger partial charge in [0.1, 0.15) is 5.82 Å². The first kappa shape index (κ1) is 14.3. The monoisotopic (exact) mass is 324 g/mol. The van der Waals surface area contributed by atoms with Crippen molar-refractivity contribution in [2.24, 2.45) is 0 Å². The van der Waals surface area contributed by atoms with E-state index in [1.54, 1.807) is 0 Å². The largest absolute Gasteiger partial charge is 0.349 e. The lowest BCUT2D eigenvalue weighted by Crippen LogP contribution is -2.13. The van der Waals surface area contributed by atoms with Crippen LogP contribution in [0.3, 0.4) is 0 Å². The zero-order valence-corrected chi connectivity index (χ0v) is 12.6. The summed E-state index contributed by atoms with van der Waals surface area (Å²) in [5, 5.41) is 3.35. The summed E-state index contributed by atoms with van der Waals surface area (Å²) in [4.78, 5) is 0. The Bertz CT molecular complexity index is 537. The Labute approximate surface area is 121 Å². The third-order valence-corrected chi connectivity index (χ3v) is 3.43. The van der Waals surface area contributed by atoms with Gasteiger partial charge in [0.05, 0.1) is 0 Å². The molecule has 1 aromatic heterocycles. The van der Waals surface area contributed by atoms with Crippen molar-refractivity contribution in [1.29, 1.82) is 0 Å². The van der Waals surface area contributed by atoms with Crippen molar-refractivity contribution >= 4 is 15.9 Å². The van der Waals surface area contributed by atoms with Gasteiger partial charge in [-0.05, 0) is 36.7 Å². The van der Waals surface area contributed by atoms with Crippen LogP contribution in [-0.4, -0.2) is 11.1 Å². The fourth-order valence-corrected chi connectivity index (χ4v) is 2.28. The average Bonchev–Trinajstić information content (AvgIpc) is 2.81. The van der Waals surface area contributed by atoms with Crippen molar-refractivity contribution in [3.8, 4) is 0 Å². The summed E-state index contributed by atoms with van der Waals surface area (Å²) >= 11 is 3.27. The van der Waals surface area contributed by atoms with E-state index in [1.807, 2.05) is 22.9 Å². The molecule has 102 valence electrons. The lowest BCUT2D eigenvalue weighted by atomic mass is 10.2. The highest BCUT2D eigenvalue weighted by Crippen LogP contribution is 2.16. The molecule has 0 aliphatic heterocycles. The molecular weight excluding hydrogens is 307 g/mol. The Hall–Kier alpha value is -1.13. The molecule has 4 heteroatoms. The van der Waals surface area contributed by atoms with Gasteiger partial charge in [0.2, 0.25) is 0 Å². The van der Waals surface area contributed by atoms with Crippen LogP contribution >= 0.6 is 15.9 Å². The summed E-state index contributed by atoms with van der Waals surface area (Å²) in [6.07, 6.45) is 5.18. The van der Waals surface area contributed by atoms with Crippen molar-refractivity contribution in [1.82, 2.24) is 9.88 Å². The van der Waals surface area contributed by atoms with Gasteiger partial charge in [0, 0.05) is 35.5 Å². The molecule has 1 heterocycles. The van der Waals surface area contributed by atoms with Crippen molar-refractivity contribution in [3.63, 3.8) is 0 Å². The van der Waals surface area contributed by atoms with Crippen molar-refractivity contribution in [2.45, 2.75) is 26.4 Å². The van der Waals surface area contributed by atoms with Crippen molar-refractivity contribution < 1.29 is 4.39 Å². The second kappa shape index (κ2) is 6.87. The van der Waals surface area contributed by atoms with Gasteiger partial charge in [0.15, 0.2) is 0 Å². The SMILES string of the molecule is CCCNCc1ccn(Cc2ccc(Br)cc2F)c1. The first-order chi connectivity index (χ1) is 9.19. The number of benzene rings is 1. The van der Waals surface area contributed by atoms with E-state index in [2.05, 4.69) is 40.4 Å². The second-order valence-corrected chi connectivity index (χ2v) is 5.52. The fourth-order valence-electron chi connectivity index (χ4n) is 1.95. The third kappa shape index (κ3) is 4.18. The molecule has 0 saturated heterocycles. The van der Waals surface area contributed by atoms with E-state index in [4.69, 9.17) is 0 Å². The molecule has 0 fully saturated rings. The van der Waals surface area contributed by atoms with E-state index in [1.165, 1.54) is 11.6 Å². The van der Waals surface area contributed by atoms with E-state index in [-0.39, 0.29) is 5.82 Å². The summed E-state index contributed by atoms with van der Waals surface area (Å²) in [7, 11) is 0. The number of halogens is 2. The maximum Gasteiger partial charge on any atom is 0.129 e. The van der Waals surface area contributed by atoms with E-state index in [9.17, 15) is 4.39 Å². The fraction of sp³-hybridized carbons (Fsp3) is 0.333. The highest BCUT2D eigenvalue weighted by atomic mass is 79.9. The summed E-state index contributed by atoms with van der Waals surface area (Å²) in [6, 6.07) is 7.25. The van der Waals surface area contributed by atoms with Gasteiger partial charge in [-0.2, -0.15) is 0 Å². The Balaban J connectivity index is 1.99. The molecule has 0 aliphatic carbocycles. The number of hydrogen-bond donors (Lipinski definition) is 1. The molecule has 2 nitrogen and oxygen atoms in total. The Morgan fingerprint density at radius 2 is 2.16 bits per heavy atom. The standard InChI is InChI=1S/C15H18BrFN2/c1-2-6-18-9-12-5-7-19(10-12)11-13-3-4-14(16)8-15(13)17/h3-5,7-8,10,18H,2,6,9,11H2,1H3. The maximum absolute atomic E-state index is 13.7. The number of rotatable bonds is 6. The van der Waals surface area contributed by atoms with E-state index in [0.717, 1.165) is 24.0 Å². The highest BCUT2D eigenvalue weighted by molar-refractivity contribution is 9.10. The molecule has 0 bridgehead atoms. The van der Waals surface area contributed by atoms with Crippen LogP contribution in [-0.2, 0) is 13.1 Å². The summed E-state index contributed by atoms with van der Waals surface area (Å²) in [5.74, 6) is -0.172. The zero-order chi connectivity index (χ0) is 13.7. The van der Waals surface area contributed by atoms with Gasteiger partial charge < -0.3 is 9.88 Å². The van der Waals surface area contributed by atoms with Crippen LogP contribution in [0.25, 0.3) is 0 Å². The summed E-state index contributed by atoms with van der Waals surface area (Å²) < 4.78 is 16.5. The molecular formula is C15H18BrFN2. The van der Waals surface area contributed by atoms with Crippen LogP contribution in [0.15, 0.2) is 41.1 Å². The topological polar surface area (TPSA) is 17.0 Å². The van der Waals surface area contributed by atoms with Crippen LogP contribution in [0, 0.1) is 5.82 Å². The van der Waals surface area contributed by atoms with Gasteiger partial charge >= 0.3 is 0 Å². The van der Waals surface area contributed by atoms with Crippen LogP contribution in [0.5, 0.6) is 0 Å². The average molecular weight is 325 g/mol. The zero-order valence-electron chi connectivity index (χ0n) is 11.0. The van der Waals surface area contributed by atoms with E-state index < -0.39 is 0 Å². The minimum atomic E-state index is -0.172. The minimum absolute atomic E-state index is 0.172. The minimum Gasteiger partial charge on any atom is -0.349 e. The normalized spacial score (nSPS) is 10.9. The highest BCUT2D eigenvalue weighted by Gasteiger charge is 2.04. The van der Waals surface area contributed by atoms with Crippen LogP contribution in [0.4, 0.5) is 4.39 Å². The van der Waals surface area contributed by atoms with E-state index in [0.29, 0.717) is 12.1 Å². The van der Waals surface area contributed by atoms with Crippen molar-refractivity contribution in [2.75, 3.05) is 6.54 Å². The molecule has 19 heavy (non-hydrogen) atoms. The van der Waals surface area contributed by atoms with Crippen molar-refractivity contribution in [3.05, 3.63) is 58.1 Å².